The van der Waals surface area contributed by atoms with Gasteiger partial charge in [-0.3, -0.25) is 4.99 Å². The molecule has 0 spiro atoms. The smallest absolute Gasteiger partial charge is 0.338 e. The van der Waals surface area contributed by atoms with Crippen molar-refractivity contribution in [1.82, 2.24) is 5.16 Å². The average molecular weight is 184 g/mol. The summed E-state index contributed by atoms with van der Waals surface area (Å²) in [6.45, 7) is 2.60. The van der Waals surface area contributed by atoms with E-state index in [1.807, 2.05) is 6.92 Å². The van der Waals surface area contributed by atoms with Crippen molar-refractivity contribution in [2.75, 3.05) is 12.3 Å². The fraction of sp³-hybridized carbons (Fsp3) is 0.429. The Balaban J connectivity index is 2.51. The van der Waals surface area contributed by atoms with Crippen molar-refractivity contribution >= 4 is 16.8 Å². The lowest BCUT2D eigenvalue weighted by atomic mass is 10.3. The fourth-order valence-corrected chi connectivity index (χ4v) is 2.05. The van der Waals surface area contributed by atoms with Crippen LogP contribution < -0.4 is 5.63 Å². The van der Waals surface area contributed by atoms with E-state index in [-0.39, 0.29) is 5.63 Å². The van der Waals surface area contributed by atoms with Gasteiger partial charge in [-0.2, -0.15) is 0 Å². The van der Waals surface area contributed by atoms with Crippen LogP contribution in [0.4, 0.5) is 0 Å². The van der Waals surface area contributed by atoms with E-state index in [4.69, 9.17) is 0 Å². The molecule has 0 fully saturated rings. The van der Waals surface area contributed by atoms with Crippen LogP contribution in [0.3, 0.4) is 0 Å². The summed E-state index contributed by atoms with van der Waals surface area (Å²) in [5.74, 6) is 0.958. The third-order valence-corrected chi connectivity index (χ3v) is 2.67. The van der Waals surface area contributed by atoms with Gasteiger partial charge < -0.3 is 4.52 Å². The number of nitrogens with one attached hydrogen (secondary N) is 1. The number of H-pyrrole nitrogens is 1. The van der Waals surface area contributed by atoms with Crippen LogP contribution in [0.25, 0.3) is 0 Å². The van der Waals surface area contributed by atoms with E-state index in [2.05, 4.69) is 14.7 Å². The Hall–Kier alpha value is -0.970. The largest absolute Gasteiger partial charge is 0.367 e. The molecule has 0 aliphatic carbocycles. The highest BCUT2D eigenvalue weighted by atomic mass is 32.2. The predicted molar refractivity (Wildman–Crippen MR) is 47.9 cm³/mol. The molecule has 0 saturated carbocycles. The third kappa shape index (κ3) is 1.10. The van der Waals surface area contributed by atoms with Crippen LogP contribution >= 0.6 is 11.8 Å². The van der Waals surface area contributed by atoms with E-state index in [0.717, 1.165) is 23.0 Å². The molecule has 5 heteroatoms. The first-order valence-corrected chi connectivity index (χ1v) is 4.63. The SMILES string of the molecule is Cc1[nH]oc(=O)c1C1=NCCS1. The molecule has 0 atom stereocenters. The molecule has 0 bridgehead atoms. The number of aliphatic imine (C=N–C) groups is 1. The molecule has 1 aliphatic rings. The van der Waals surface area contributed by atoms with Crippen molar-refractivity contribution in [3.63, 3.8) is 0 Å². The molecule has 0 saturated heterocycles. The molecule has 0 amide bonds. The van der Waals surface area contributed by atoms with E-state index in [9.17, 15) is 4.79 Å². The zero-order chi connectivity index (χ0) is 8.55. The summed E-state index contributed by atoms with van der Waals surface area (Å²) >= 11 is 1.60. The maximum absolute atomic E-state index is 11.1. The maximum Gasteiger partial charge on any atom is 0.367 e. The zero-order valence-corrected chi connectivity index (χ0v) is 7.40. The average Bonchev–Trinajstić information content (AvgIpc) is 2.61. The van der Waals surface area contributed by atoms with Crippen LogP contribution in [0.5, 0.6) is 0 Å². The Kier molecular flexibility index (Phi) is 1.80. The monoisotopic (exact) mass is 184 g/mol. The van der Waals surface area contributed by atoms with Crippen molar-refractivity contribution in [3.8, 4) is 0 Å². The number of rotatable bonds is 1. The van der Waals surface area contributed by atoms with E-state index in [1.54, 1.807) is 11.8 Å². The molecule has 1 aromatic rings. The number of hydrogen-bond acceptors (Lipinski definition) is 4. The highest BCUT2D eigenvalue weighted by Crippen LogP contribution is 2.18. The topological polar surface area (TPSA) is 58.4 Å². The van der Waals surface area contributed by atoms with Crippen LogP contribution in [-0.4, -0.2) is 22.5 Å². The van der Waals surface area contributed by atoms with Gasteiger partial charge in [-0.05, 0) is 6.92 Å². The Morgan fingerprint density at radius 2 is 2.50 bits per heavy atom. The lowest BCUT2D eigenvalue weighted by molar-refractivity contribution is 0.387. The fourth-order valence-electron chi connectivity index (χ4n) is 1.11. The number of aromatic amines is 1. The van der Waals surface area contributed by atoms with Gasteiger partial charge in [0.15, 0.2) is 0 Å². The molecule has 1 N–H and O–H groups in total. The molecule has 2 heterocycles. The van der Waals surface area contributed by atoms with Crippen molar-refractivity contribution in [2.45, 2.75) is 6.92 Å². The first-order valence-electron chi connectivity index (χ1n) is 3.65. The van der Waals surface area contributed by atoms with Crippen molar-refractivity contribution in [3.05, 3.63) is 21.7 Å². The van der Waals surface area contributed by atoms with Gasteiger partial charge in [0.1, 0.15) is 10.6 Å². The van der Waals surface area contributed by atoms with Gasteiger partial charge in [-0.15, -0.1) is 11.8 Å². The summed E-state index contributed by atoms with van der Waals surface area (Å²) in [5.41, 5.74) is 1.03. The number of aryl methyl sites for hydroxylation is 1. The standard InChI is InChI=1S/C7H8N2O2S/c1-4-5(7(10)11-9-4)6-8-2-3-12-6/h9H,2-3H2,1H3. The number of aromatic nitrogens is 1. The maximum atomic E-state index is 11.1. The zero-order valence-electron chi connectivity index (χ0n) is 6.59. The second kappa shape index (κ2) is 2.82. The normalized spacial score (nSPS) is 16.6. The molecular weight excluding hydrogens is 176 g/mol. The van der Waals surface area contributed by atoms with Crippen molar-refractivity contribution in [1.29, 1.82) is 0 Å². The van der Waals surface area contributed by atoms with Gasteiger partial charge in [-0.1, -0.05) is 0 Å². The van der Waals surface area contributed by atoms with Crippen LogP contribution in [0, 0.1) is 6.92 Å². The lowest BCUT2D eigenvalue weighted by Crippen LogP contribution is -2.07. The minimum atomic E-state index is -0.319. The van der Waals surface area contributed by atoms with Crippen LogP contribution in [0.15, 0.2) is 14.3 Å². The van der Waals surface area contributed by atoms with Gasteiger partial charge in [-0.25, -0.2) is 9.95 Å². The molecule has 0 aromatic carbocycles. The minimum absolute atomic E-state index is 0.319. The number of thioether (sulfide) groups is 1. The van der Waals surface area contributed by atoms with E-state index < -0.39 is 0 Å². The van der Waals surface area contributed by atoms with Crippen LogP contribution in [0.1, 0.15) is 11.3 Å². The highest BCUT2D eigenvalue weighted by Gasteiger charge is 2.18. The van der Waals surface area contributed by atoms with Crippen LogP contribution in [-0.2, 0) is 0 Å². The molecule has 1 aliphatic heterocycles. The Morgan fingerprint density at radius 1 is 1.67 bits per heavy atom. The van der Waals surface area contributed by atoms with E-state index in [0.29, 0.717) is 5.56 Å². The van der Waals surface area contributed by atoms with E-state index >= 15 is 0 Å². The van der Waals surface area contributed by atoms with E-state index in [1.165, 1.54) is 0 Å². The summed E-state index contributed by atoms with van der Waals surface area (Å²) in [7, 11) is 0. The first kappa shape index (κ1) is 7.67. The Labute approximate surface area is 73.0 Å². The molecule has 4 nitrogen and oxygen atoms in total. The predicted octanol–water partition coefficient (Wildman–Crippen LogP) is 0.770. The van der Waals surface area contributed by atoms with Gasteiger partial charge >= 0.3 is 5.63 Å². The number of hydrogen-bond donors (Lipinski definition) is 1. The van der Waals surface area contributed by atoms with Crippen molar-refractivity contribution < 1.29 is 4.52 Å². The summed E-state index contributed by atoms with van der Waals surface area (Å²) in [5, 5.41) is 3.34. The highest BCUT2D eigenvalue weighted by molar-refractivity contribution is 8.14. The summed E-state index contributed by atoms with van der Waals surface area (Å²) in [6.07, 6.45) is 0. The first-order chi connectivity index (χ1) is 5.79. The lowest BCUT2D eigenvalue weighted by Gasteiger charge is -1.91. The van der Waals surface area contributed by atoms with Gasteiger partial charge in [0.05, 0.1) is 5.69 Å². The summed E-state index contributed by atoms with van der Waals surface area (Å²) < 4.78 is 4.63. The summed E-state index contributed by atoms with van der Waals surface area (Å²) in [6, 6.07) is 0. The minimum Gasteiger partial charge on any atom is -0.338 e. The molecule has 0 radical (unpaired) electrons. The molecule has 64 valence electrons. The van der Waals surface area contributed by atoms with Crippen LogP contribution in [0.2, 0.25) is 0 Å². The van der Waals surface area contributed by atoms with Gasteiger partial charge in [0.2, 0.25) is 0 Å². The molecule has 2 rings (SSSR count). The quantitative estimate of drug-likeness (QED) is 0.701. The molecular formula is C7H8N2O2S. The molecule has 12 heavy (non-hydrogen) atoms. The van der Waals surface area contributed by atoms with Crippen molar-refractivity contribution in [2.24, 2.45) is 4.99 Å². The Morgan fingerprint density at radius 3 is 3.00 bits per heavy atom. The van der Waals surface area contributed by atoms with Gasteiger partial charge in [0.25, 0.3) is 0 Å². The molecule has 0 unspecified atom stereocenters. The second-order valence-electron chi connectivity index (χ2n) is 2.53. The second-order valence-corrected chi connectivity index (χ2v) is 3.61. The summed E-state index contributed by atoms with van der Waals surface area (Å²) in [4.78, 5) is 15.3. The third-order valence-electron chi connectivity index (χ3n) is 1.68. The van der Waals surface area contributed by atoms with Gasteiger partial charge in [0, 0.05) is 12.3 Å². The number of nitrogens with zero attached hydrogens (tertiary/aromatic N) is 1. The Bertz CT molecular complexity index is 377. The molecule has 1 aromatic heterocycles.